The highest BCUT2D eigenvalue weighted by molar-refractivity contribution is 7.15. The van der Waals surface area contributed by atoms with Gasteiger partial charge in [0.2, 0.25) is 11.8 Å². The molecule has 0 unspecified atom stereocenters. The number of hydrogen-bond acceptors (Lipinski definition) is 6. The van der Waals surface area contributed by atoms with Crippen LogP contribution in [0.3, 0.4) is 0 Å². The molecule has 22 heavy (non-hydrogen) atoms. The predicted octanol–water partition coefficient (Wildman–Crippen LogP) is 0.554. The lowest BCUT2D eigenvalue weighted by Gasteiger charge is -2.26. The molecule has 2 aliphatic rings. The molecule has 1 atom stereocenters. The lowest BCUT2D eigenvalue weighted by Crippen LogP contribution is -2.45. The number of rotatable bonds is 4. The van der Waals surface area contributed by atoms with Crippen LogP contribution in [-0.4, -0.2) is 47.8 Å². The van der Waals surface area contributed by atoms with Crippen molar-refractivity contribution in [1.29, 1.82) is 0 Å². The normalized spacial score (nSPS) is 20.7. The molecule has 1 aromatic heterocycles. The maximum atomic E-state index is 12.7. The smallest absolute Gasteiger partial charge is 0.348 e. The number of carbonyl (C=O) groups is 4. The number of imide groups is 1. The van der Waals surface area contributed by atoms with E-state index in [4.69, 9.17) is 0 Å². The van der Waals surface area contributed by atoms with Crippen LogP contribution >= 0.6 is 11.3 Å². The minimum atomic E-state index is -0.754. The van der Waals surface area contributed by atoms with Crippen molar-refractivity contribution in [3.8, 4) is 0 Å². The van der Waals surface area contributed by atoms with Gasteiger partial charge in [-0.25, -0.2) is 4.79 Å². The number of hydrogen-bond donors (Lipinski definition) is 1. The van der Waals surface area contributed by atoms with E-state index in [0.717, 1.165) is 24.2 Å². The van der Waals surface area contributed by atoms with Crippen LogP contribution in [0.5, 0.6) is 0 Å². The molecule has 3 rings (SSSR count). The van der Waals surface area contributed by atoms with Crippen LogP contribution in [0.2, 0.25) is 0 Å². The van der Waals surface area contributed by atoms with Gasteiger partial charge in [0.15, 0.2) is 0 Å². The average molecular weight is 322 g/mol. The number of esters is 1. The van der Waals surface area contributed by atoms with Gasteiger partial charge in [-0.05, 0) is 25.0 Å². The van der Waals surface area contributed by atoms with Crippen LogP contribution in [0, 0.1) is 0 Å². The van der Waals surface area contributed by atoms with Crippen molar-refractivity contribution in [2.45, 2.75) is 31.3 Å². The van der Waals surface area contributed by atoms with E-state index in [1.807, 2.05) is 0 Å². The van der Waals surface area contributed by atoms with Crippen LogP contribution in [0.25, 0.3) is 0 Å². The molecule has 0 bridgehead atoms. The van der Waals surface area contributed by atoms with Crippen molar-refractivity contribution in [2.75, 3.05) is 7.11 Å². The summed E-state index contributed by atoms with van der Waals surface area (Å²) in [5.74, 6) is -1.63. The predicted molar refractivity (Wildman–Crippen MR) is 76.4 cm³/mol. The lowest BCUT2D eigenvalue weighted by molar-refractivity contribution is -0.126. The molecule has 0 spiro atoms. The summed E-state index contributed by atoms with van der Waals surface area (Å²) < 4.78 is 4.62. The van der Waals surface area contributed by atoms with Gasteiger partial charge in [0.05, 0.1) is 18.4 Å². The molecule has 2 heterocycles. The maximum absolute atomic E-state index is 12.7. The molecule has 1 aromatic rings. The van der Waals surface area contributed by atoms with Gasteiger partial charge >= 0.3 is 5.97 Å². The van der Waals surface area contributed by atoms with Gasteiger partial charge < -0.3 is 9.64 Å². The van der Waals surface area contributed by atoms with Gasteiger partial charge in [-0.2, -0.15) is 0 Å². The minimum absolute atomic E-state index is 0.00366. The number of methoxy groups -OCH3 is 1. The quantitative estimate of drug-likeness (QED) is 0.646. The third-order valence-electron chi connectivity index (χ3n) is 3.66. The van der Waals surface area contributed by atoms with Crippen LogP contribution in [-0.2, 0) is 14.3 Å². The Balaban J connectivity index is 1.84. The molecular weight excluding hydrogens is 308 g/mol. The summed E-state index contributed by atoms with van der Waals surface area (Å²) >= 11 is 1.03. The Morgan fingerprint density at radius 2 is 1.95 bits per heavy atom. The second-order valence-corrected chi connectivity index (χ2v) is 6.32. The van der Waals surface area contributed by atoms with E-state index in [1.165, 1.54) is 18.1 Å². The number of nitrogens with zero attached hydrogens (tertiary/aromatic N) is 1. The number of thiophene rings is 1. The van der Waals surface area contributed by atoms with E-state index in [-0.39, 0.29) is 24.3 Å². The van der Waals surface area contributed by atoms with Crippen LogP contribution in [0.1, 0.15) is 38.6 Å². The Bertz CT molecular complexity index is 664. The zero-order chi connectivity index (χ0) is 15.9. The number of amides is 3. The standard InChI is InChI=1S/C14H14N2O5S/c1-21-14(20)10-5-4-9(22-10)13(19)16(7-2-3-7)8-6-11(17)15-12(8)18/h4-5,7-8H,2-3,6H2,1H3,(H,15,17,18)/t8-/m1/s1. The summed E-state index contributed by atoms with van der Waals surface area (Å²) in [4.78, 5) is 49.6. The first-order valence-electron chi connectivity index (χ1n) is 6.85. The monoisotopic (exact) mass is 322 g/mol. The van der Waals surface area contributed by atoms with Gasteiger partial charge in [0.1, 0.15) is 10.9 Å². The molecule has 1 saturated carbocycles. The second-order valence-electron chi connectivity index (χ2n) is 5.23. The summed E-state index contributed by atoms with van der Waals surface area (Å²) in [6.45, 7) is 0. The molecule has 1 saturated heterocycles. The summed E-state index contributed by atoms with van der Waals surface area (Å²) in [6.07, 6.45) is 1.63. The van der Waals surface area contributed by atoms with Crippen molar-refractivity contribution < 1.29 is 23.9 Å². The van der Waals surface area contributed by atoms with Gasteiger partial charge in [0, 0.05) is 6.04 Å². The SMILES string of the molecule is COC(=O)c1ccc(C(=O)N(C2CC2)[C@@H]2CC(=O)NC2=O)s1. The maximum Gasteiger partial charge on any atom is 0.348 e. The summed E-state index contributed by atoms with van der Waals surface area (Å²) in [5.41, 5.74) is 0. The van der Waals surface area contributed by atoms with Crippen molar-refractivity contribution in [3.05, 3.63) is 21.9 Å². The van der Waals surface area contributed by atoms with Crippen LogP contribution < -0.4 is 5.32 Å². The first kappa shape index (κ1) is 14.7. The first-order valence-corrected chi connectivity index (χ1v) is 7.67. The molecule has 2 fully saturated rings. The topological polar surface area (TPSA) is 92.8 Å². The summed E-state index contributed by atoms with van der Waals surface area (Å²) in [6, 6.07) is 2.30. The van der Waals surface area contributed by atoms with Gasteiger partial charge in [-0.15, -0.1) is 11.3 Å². The Morgan fingerprint density at radius 1 is 1.27 bits per heavy atom. The Kier molecular flexibility index (Phi) is 3.69. The molecule has 1 N–H and O–H groups in total. The molecule has 0 radical (unpaired) electrons. The van der Waals surface area contributed by atoms with E-state index < -0.39 is 17.9 Å². The fraction of sp³-hybridized carbons (Fsp3) is 0.429. The van der Waals surface area contributed by atoms with Crippen molar-refractivity contribution in [1.82, 2.24) is 10.2 Å². The molecule has 7 nitrogen and oxygen atoms in total. The molecule has 3 amide bonds. The Hall–Kier alpha value is -2.22. The van der Waals surface area contributed by atoms with Crippen molar-refractivity contribution in [3.63, 3.8) is 0 Å². The highest BCUT2D eigenvalue weighted by atomic mass is 32.1. The first-order chi connectivity index (χ1) is 10.5. The van der Waals surface area contributed by atoms with E-state index >= 15 is 0 Å². The van der Waals surface area contributed by atoms with Gasteiger partial charge in [0.25, 0.3) is 5.91 Å². The molecule has 8 heteroatoms. The zero-order valence-electron chi connectivity index (χ0n) is 11.8. The minimum Gasteiger partial charge on any atom is -0.465 e. The largest absolute Gasteiger partial charge is 0.465 e. The highest BCUT2D eigenvalue weighted by Crippen LogP contribution is 2.33. The Labute approximate surface area is 130 Å². The highest BCUT2D eigenvalue weighted by Gasteiger charge is 2.45. The summed E-state index contributed by atoms with van der Waals surface area (Å²) in [5, 5.41) is 2.23. The number of ether oxygens (including phenoxy) is 1. The third-order valence-corrected chi connectivity index (χ3v) is 4.71. The fourth-order valence-electron chi connectivity index (χ4n) is 2.47. The molecule has 1 aliphatic carbocycles. The van der Waals surface area contributed by atoms with Crippen molar-refractivity contribution in [2.24, 2.45) is 0 Å². The van der Waals surface area contributed by atoms with Crippen LogP contribution in [0.15, 0.2) is 12.1 Å². The van der Waals surface area contributed by atoms with Gasteiger partial charge in [-0.3, -0.25) is 19.7 Å². The molecule has 116 valence electrons. The van der Waals surface area contributed by atoms with Crippen LogP contribution in [0.4, 0.5) is 0 Å². The fourth-order valence-corrected chi connectivity index (χ4v) is 3.34. The third kappa shape index (κ3) is 2.61. The zero-order valence-corrected chi connectivity index (χ0v) is 12.6. The molecule has 0 aromatic carbocycles. The van der Waals surface area contributed by atoms with Gasteiger partial charge in [-0.1, -0.05) is 0 Å². The molecule has 1 aliphatic heterocycles. The Morgan fingerprint density at radius 3 is 2.50 bits per heavy atom. The van der Waals surface area contributed by atoms with E-state index in [2.05, 4.69) is 10.1 Å². The van der Waals surface area contributed by atoms with E-state index in [1.54, 1.807) is 6.07 Å². The number of carbonyl (C=O) groups excluding carboxylic acids is 4. The van der Waals surface area contributed by atoms with E-state index in [9.17, 15) is 19.2 Å². The lowest BCUT2D eigenvalue weighted by atomic mass is 10.2. The average Bonchev–Trinajstić information content (AvgIpc) is 3.09. The molecular formula is C14H14N2O5S. The summed E-state index contributed by atoms with van der Waals surface area (Å²) in [7, 11) is 1.27. The van der Waals surface area contributed by atoms with Crippen molar-refractivity contribution >= 4 is 35.0 Å². The second kappa shape index (κ2) is 5.53. The number of nitrogens with one attached hydrogen (secondary N) is 1. The van der Waals surface area contributed by atoms with E-state index in [0.29, 0.717) is 9.75 Å².